The van der Waals surface area contributed by atoms with E-state index in [4.69, 9.17) is 0 Å². The number of hydrogen-bond acceptors (Lipinski definition) is 4. The second-order valence-electron chi connectivity index (χ2n) is 4.40. The van der Waals surface area contributed by atoms with Crippen LogP contribution in [0.3, 0.4) is 0 Å². The number of piperidine rings is 1. The minimum atomic E-state index is -0.114. The maximum absolute atomic E-state index is 9.28. The lowest BCUT2D eigenvalue weighted by molar-refractivity contribution is 0.199. The molecule has 1 aliphatic rings. The van der Waals surface area contributed by atoms with Crippen molar-refractivity contribution in [3.63, 3.8) is 0 Å². The first-order valence-electron chi connectivity index (χ1n) is 5.65. The second kappa shape index (κ2) is 5.04. The molecule has 2 unspecified atom stereocenters. The average molecular weight is 216 g/mol. The molecule has 2 heterocycles. The van der Waals surface area contributed by atoms with E-state index in [1.807, 2.05) is 0 Å². The maximum atomic E-state index is 9.28. The van der Waals surface area contributed by atoms with Crippen LogP contribution in [-0.4, -0.2) is 35.0 Å². The lowest BCUT2D eigenvalue weighted by Gasteiger charge is -2.31. The van der Waals surface area contributed by atoms with E-state index in [1.165, 1.54) is 6.42 Å². The summed E-state index contributed by atoms with van der Waals surface area (Å²) in [6, 6.07) is 2.38. The smallest absolute Gasteiger partial charge is 0.0940 e. The third-order valence-corrected chi connectivity index (χ3v) is 3.17. The predicted molar refractivity (Wildman–Crippen MR) is 60.6 cm³/mol. The first kappa shape index (κ1) is 11.0. The van der Waals surface area contributed by atoms with E-state index in [-0.39, 0.29) is 5.92 Å². The van der Waals surface area contributed by atoms with Crippen molar-refractivity contribution in [1.82, 2.24) is 14.9 Å². The average Bonchev–Trinajstić information content (AvgIpc) is 2.31. The normalized spacial score (nSPS) is 23.6. The molecular weight excluding hydrogens is 200 g/mol. The summed E-state index contributed by atoms with van der Waals surface area (Å²) in [6.45, 7) is 2.11. The predicted octanol–water partition coefficient (Wildman–Crippen LogP) is 1.43. The van der Waals surface area contributed by atoms with Crippen LogP contribution in [0.4, 0.5) is 0 Å². The standard InChI is InChI=1S/C12H16N4/c1-16-6-2-3-10(9-16)11(7-13)12-8-14-4-5-15-12/h4-5,8,10-11H,2-3,6,9H2,1H3. The molecule has 0 spiro atoms. The largest absolute Gasteiger partial charge is 0.306 e. The number of likely N-dealkylation sites (tertiary alicyclic amines) is 1. The molecule has 0 aromatic carbocycles. The molecule has 16 heavy (non-hydrogen) atoms. The van der Waals surface area contributed by atoms with Crippen LogP contribution >= 0.6 is 0 Å². The van der Waals surface area contributed by atoms with Gasteiger partial charge in [-0.15, -0.1) is 0 Å². The van der Waals surface area contributed by atoms with E-state index in [1.54, 1.807) is 18.6 Å². The fourth-order valence-corrected chi connectivity index (χ4v) is 2.36. The molecular formula is C12H16N4. The van der Waals surface area contributed by atoms with E-state index in [0.29, 0.717) is 5.92 Å². The van der Waals surface area contributed by atoms with Crippen molar-refractivity contribution in [1.29, 1.82) is 5.26 Å². The summed E-state index contributed by atoms with van der Waals surface area (Å²) in [4.78, 5) is 10.6. The molecule has 0 radical (unpaired) electrons. The molecule has 4 heteroatoms. The Bertz CT molecular complexity index is 370. The van der Waals surface area contributed by atoms with Crippen molar-refractivity contribution in [2.75, 3.05) is 20.1 Å². The van der Waals surface area contributed by atoms with Crippen LogP contribution < -0.4 is 0 Å². The Morgan fingerprint density at radius 2 is 2.44 bits per heavy atom. The Hall–Kier alpha value is -1.47. The number of aromatic nitrogens is 2. The van der Waals surface area contributed by atoms with Crippen molar-refractivity contribution in [2.45, 2.75) is 18.8 Å². The van der Waals surface area contributed by atoms with Crippen LogP contribution in [-0.2, 0) is 0 Å². The first-order valence-corrected chi connectivity index (χ1v) is 5.65. The summed E-state index contributed by atoms with van der Waals surface area (Å²) in [7, 11) is 2.11. The van der Waals surface area contributed by atoms with Gasteiger partial charge in [0, 0.05) is 25.1 Å². The van der Waals surface area contributed by atoms with E-state index in [0.717, 1.165) is 25.2 Å². The molecule has 1 aromatic rings. The van der Waals surface area contributed by atoms with Gasteiger partial charge in [0.15, 0.2) is 0 Å². The van der Waals surface area contributed by atoms with Gasteiger partial charge in [-0.2, -0.15) is 5.26 Å². The van der Waals surface area contributed by atoms with Gasteiger partial charge in [-0.05, 0) is 32.4 Å². The third-order valence-electron chi connectivity index (χ3n) is 3.17. The SMILES string of the molecule is CN1CCCC(C(C#N)c2cnccn2)C1. The number of hydrogen-bond donors (Lipinski definition) is 0. The van der Waals surface area contributed by atoms with Gasteiger partial charge in [0.2, 0.25) is 0 Å². The Kier molecular flexibility index (Phi) is 3.47. The lowest BCUT2D eigenvalue weighted by atomic mass is 9.84. The summed E-state index contributed by atoms with van der Waals surface area (Å²) in [5.74, 6) is 0.275. The topological polar surface area (TPSA) is 52.8 Å². The quantitative estimate of drug-likeness (QED) is 0.750. The van der Waals surface area contributed by atoms with Gasteiger partial charge in [0.1, 0.15) is 0 Å². The molecule has 0 aliphatic carbocycles. The zero-order valence-corrected chi connectivity index (χ0v) is 9.50. The van der Waals surface area contributed by atoms with Crippen molar-refractivity contribution in [2.24, 2.45) is 5.92 Å². The third kappa shape index (κ3) is 2.37. The molecule has 4 nitrogen and oxygen atoms in total. The van der Waals surface area contributed by atoms with E-state index < -0.39 is 0 Å². The van der Waals surface area contributed by atoms with Crippen LogP contribution in [0.25, 0.3) is 0 Å². The second-order valence-corrected chi connectivity index (χ2v) is 4.40. The maximum Gasteiger partial charge on any atom is 0.0940 e. The minimum Gasteiger partial charge on any atom is -0.306 e. The van der Waals surface area contributed by atoms with Crippen molar-refractivity contribution in [3.8, 4) is 6.07 Å². The summed E-state index contributed by atoms with van der Waals surface area (Å²) < 4.78 is 0. The van der Waals surface area contributed by atoms with Gasteiger partial charge < -0.3 is 4.90 Å². The highest BCUT2D eigenvalue weighted by molar-refractivity contribution is 5.15. The molecule has 0 amide bonds. The molecule has 0 N–H and O–H groups in total. The Labute approximate surface area is 95.9 Å². The zero-order valence-electron chi connectivity index (χ0n) is 9.50. The zero-order chi connectivity index (χ0) is 11.4. The fourth-order valence-electron chi connectivity index (χ4n) is 2.36. The van der Waals surface area contributed by atoms with Gasteiger partial charge in [0.05, 0.1) is 17.7 Å². The Balaban J connectivity index is 2.14. The molecule has 1 aromatic heterocycles. The van der Waals surface area contributed by atoms with Gasteiger partial charge in [-0.3, -0.25) is 9.97 Å². The first-order chi connectivity index (χ1) is 7.81. The van der Waals surface area contributed by atoms with E-state index in [2.05, 4.69) is 28.0 Å². The Morgan fingerprint density at radius 3 is 3.06 bits per heavy atom. The van der Waals surface area contributed by atoms with Gasteiger partial charge in [-0.25, -0.2) is 0 Å². The summed E-state index contributed by atoms with van der Waals surface area (Å²) in [5, 5.41) is 9.28. The monoisotopic (exact) mass is 216 g/mol. The highest BCUT2D eigenvalue weighted by atomic mass is 15.1. The number of rotatable bonds is 2. The number of nitrogens with zero attached hydrogens (tertiary/aromatic N) is 4. The van der Waals surface area contributed by atoms with Crippen molar-refractivity contribution >= 4 is 0 Å². The molecule has 1 fully saturated rings. The van der Waals surface area contributed by atoms with Crippen LogP contribution in [0.2, 0.25) is 0 Å². The summed E-state index contributed by atoms with van der Waals surface area (Å²) >= 11 is 0. The lowest BCUT2D eigenvalue weighted by Crippen LogP contribution is -2.35. The fraction of sp³-hybridized carbons (Fsp3) is 0.583. The van der Waals surface area contributed by atoms with Gasteiger partial charge >= 0.3 is 0 Å². The van der Waals surface area contributed by atoms with Gasteiger partial charge in [-0.1, -0.05) is 0 Å². The summed E-state index contributed by atoms with van der Waals surface area (Å²) in [6.07, 6.45) is 7.29. The molecule has 0 bridgehead atoms. The summed E-state index contributed by atoms with van der Waals surface area (Å²) in [5.41, 5.74) is 0.810. The van der Waals surface area contributed by atoms with E-state index in [9.17, 15) is 5.26 Å². The van der Waals surface area contributed by atoms with Crippen LogP contribution in [0, 0.1) is 17.2 Å². The van der Waals surface area contributed by atoms with Crippen LogP contribution in [0.1, 0.15) is 24.5 Å². The van der Waals surface area contributed by atoms with Gasteiger partial charge in [0.25, 0.3) is 0 Å². The van der Waals surface area contributed by atoms with Crippen molar-refractivity contribution < 1.29 is 0 Å². The van der Waals surface area contributed by atoms with E-state index >= 15 is 0 Å². The molecule has 84 valence electrons. The van der Waals surface area contributed by atoms with Crippen molar-refractivity contribution in [3.05, 3.63) is 24.3 Å². The highest BCUT2D eigenvalue weighted by Gasteiger charge is 2.27. The molecule has 2 atom stereocenters. The Morgan fingerprint density at radius 1 is 1.56 bits per heavy atom. The number of nitriles is 1. The molecule has 1 aliphatic heterocycles. The molecule has 1 saturated heterocycles. The molecule has 2 rings (SSSR count). The van der Waals surface area contributed by atoms with Crippen LogP contribution in [0.5, 0.6) is 0 Å². The minimum absolute atomic E-state index is 0.114. The highest BCUT2D eigenvalue weighted by Crippen LogP contribution is 2.29. The molecule has 0 saturated carbocycles. The van der Waals surface area contributed by atoms with Crippen LogP contribution in [0.15, 0.2) is 18.6 Å².